The second kappa shape index (κ2) is 8.99. The van der Waals surface area contributed by atoms with Gasteiger partial charge in [0, 0.05) is 0 Å². The fraction of sp³-hybridized carbons (Fsp3) is 0. The first kappa shape index (κ1) is 23.3. The molecule has 0 aliphatic carbocycles. The minimum absolute atomic E-state index is 0. The van der Waals surface area contributed by atoms with Crippen molar-refractivity contribution in [2.75, 3.05) is 0 Å². The fourth-order valence-corrected chi connectivity index (χ4v) is 0. The first-order valence-corrected chi connectivity index (χ1v) is 4.64. The maximum Gasteiger partial charge on any atom is 4.00 e. The van der Waals surface area contributed by atoms with E-state index in [0.717, 1.165) is 0 Å². The normalized spacial score (nSPS) is 9.92. The Morgan fingerprint density at radius 3 is 0.917 bits per heavy atom. The summed E-state index contributed by atoms with van der Waals surface area (Å²) in [7, 11) is -11.0. The summed E-state index contributed by atoms with van der Waals surface area (Å²) in [5, 5.41) is 0. The second-order valence-electron chi connectivity index (χ2n) is 0.947. The summed E-state index contributed by atoms with van der Waals surface area (Å²) in [6.07, 6.45) is 0. The van der Waals surface area contributed by atoms with Gasteiger partial charge in [-0.1, -0.05) is 0 Å². The maximum absolute atomic E-state index is 8.58. The topological polar surface area (TPSA) is 178 Å². The van der Waals surface area contributed by atoms with Crippen LogP contribution in [0.15, 0.2) is 0 Å². The van der Waals surface area contributed by atoms with Crippen molar-refractivity contribution >= 4 is 34.2 Å². The third kappa shape index (κ3) is 619. The number of hydrogen-bond donors (Lipinski definition) is 0. The van der Waals surface area contributed by atoms with E-state index in [0.29, 0.717) is 0 Å². The van der Waals surface area contributed by atoms with E-state index >= 15 is 0 Å². The summed E-state index contributed by atoms with van der Waals surface area (Å²) in [5.74, 6) is 0. The van der Waals surface area contributed by atoms with Gasteiger partial charge in [-0.15, -0.1) is 0 Å². The molecule has 0 atom stereocenters. The standard InChI is InChI=1S/Al.H3O4P.O4Si.Ti/c;2*1-5(2,3)4;/h;(H3,1,2,3,4);;/q+3;;-4;+4/p-3. The van der Waals surface area contributed by atoms with Gasteiger partial charge in [0.1, 0.15) is 0 Å². The molecule has 0 rings (SSSR count). The molecule has 0 amide bonds. The Morgan fingerprint density at radius 1 is 0.917 bits per heavy atom. The largest absolute Gasteiger partial charge is 4.00 e. The zero-order chi connectivity index (χ0) is 9.00. The Kier molecular flexibility index (Phi) is 17.5. The Morgan fingerprint density at radius 2 is 0.917 bits per heavy atom. The summed E-state index contributed by atoms with van der Waals surface area (Å²) >= 11 is 0. The first-order valence-electron chi connectivity index (χ1n) is 1.55. The van der Waals surface area contributed by atoms with Crippen LogP contribution in [-0.2, 0) is 26.3 Å². The van der Waals surface area contributed by atoms with Crippen LogP contribution in [0.1, 0.15) is 0 Å². The molecule has 12 heavy (non-hydrogen) atoms. The number of hydrogen-bond acceptors (Lipinski definition) is 8. The molecule has 0 aromatic heterocycles. The van der Waals surface area contributed by atoms with Crippen molar-refractivity contribution in [3.8, 4) is 0 Å². The molecule has 0 aromatic rings. The fourth-order valence-electron chi connectivity index (χ4n) is 0. The molecule has 0 aliphatic rings. The van der Waals surface area contributed by atoms with Crippen LogP contribution in [0.5, 0.6) is 0 Å². The first-order chi connectivity index (χ1) is 4.00. The van der Waals surface area contributed by atoms with E-state index in [-0.39, 0.29) is 39.1 Å². The Labute approximate surface area is 94.2 Å². The number of phosphoric acid groups is 1. The molecule has 0 fully saturated rings. The number of rotatable bonds is 0. The molecule has 0 radical (unpaired) electrons. The van der Waals surface area contributed by atoms with Gasteiger partial charge in [-0.05, 0) is 0 Å². The molecule has 8 nitrogen and oxygen atoms in total. The van der Waals surface area contributed by atoms with Crippen LogP contribution < -0.4 is 33.9 Å². The summed E-state index contributed by atoms with van der Waals surface area (Å²) in [6.45, 7) is 0. The van der Waals surface area contributed by atoms with Crippen molar-refractivity contribution in [1.29, 1.82) is 0 Å². The average molecular weight is 262 g/mol. The van der Waals surface area contributed by atoms with E-state index in [9.17, 15) is 0 Å². The molecule has 0 aliphatic heterocycles. The third-order valence-corrected chi connectivity index (χ3v) is 0. The summed E-state index contributed by atoms with van der Waals surface area (Å²) in [4.78, 5) is 60.0. The third-order valence-electron chi connectivity index (χ3n) is 0. The molecular weight excluding hydrogens is 262 g/mol. The Bertz CT molecular complexity index is 111. The van der Waals surface area contributed by atoms with Gasteiger partial charge in [-0.25, -0.2) is 0 Å². The average Bonchev–Trinajstić information content (AvgIpc) is 1.12. The van der Waals surface area contributed by atoms with Crippen molar-refractivity contribution in [3.63, 3.8) is 0 Å². The smallest absolute Gasteiger partial charge is 0.894 e. The molecule has 0 N–H and O–H groups in total. The van der Waals surface area contributed by atoms with Gasteiger partial charge >= 0.3 is 39.1 Å². The molecule has 0 spiro atoms. The molecule has 12 heteroatoms. The van der Waals surface area contributed by atoms with E-state index in [4.69, 9.17) is 38.4 Å². The van der Waals surface area contributed by atoms with Gasteiger partial charge in [-0.3, -0.25) is 0 Å². The molecular formula is AlO8PSiTi. The van der Waals surface area contributed by atoms with Crippen LogP contribution in [-0.4, -0.2) is 26.4 Å². The van der Waals surface area contributed by atoms with Crippen LogP contribution >= 0.6 is 7.82 Å². The van der Waals surface area contributed by atoms with Gasteiger partial charge in [0.05, 0.1) is 0 Å². The van der Waals surface area contributed by atoms with E-state index < -0.39 is 16.9 Å². The van der Waals surface area contributed by atoms with Crippen LogP contribution in [0.3, 0.4) is 0 Å². The summed E-state index contributed by atoms with van der Waals surface area (Å²) in [5.41, 5.74) is 0. The minimum Gasteiger partial charge on any atom is -0.894 e. The van der Waals surface area contributed by atoms with Crippen LogP contribution in [0.25, 0.3) is 0 Å². The molecule has 64 valence electrons. The summed E-state index contributed by atoms with van der Waals surface area (Å²) in [6, 6.07) is 0. The second-order valence-corrected chi connectivity index (χ2v) is 2.84. The quantitative estimate of drug-likeness (QED) is 0.304. The van der Waals surface area contributed by atoms with E-state index in [1.807, 2.05) is 0 Å². The van der Waals surface area contributed by atoms with Crippen molar-refractivity contribution in [1.82, 2.24) is 0 Å². The van der Waals surface area contributed by atoms with Gasteiger partial charge in [0.25, 0.3) is 0 Å². The van der Waals surface area contributed by atoms with E-state index in [2.05, 4.69) is 0 Å². The monoisotopic (exact) mass is 262 g/mol. The van der Waals surface area contributed by atoms with Crippen molar-refractivity contribution in [2.45, 2.75) is 0 Å². The van der Waals surface area contributed by atoms with Gasteiger partial charge < -0.3 is 47.5 Å². The van der Waals surface area contributed by atoms with Crippen molar-refractivity contribution in [2.24, 2.45) is 0 Å². The molecule has 0 saturated heterocycles. The zero-order valence-electron chi connectivity index (χ0n) is 5.29. The Hall–Kier alpha value is 1.41. The van der Waals surface area contributed by atoms with Crippen LogP contribution in [0.4, 0.5) is 0 Å². The predicted octanol–water partition coefficient (Wildman–Crippen LogP) is -8.34. The SMILES string of the molecule is O=P([O-])([O-])[O-].[Al+3].[O-][Si]([O-])([O-])[O-].[Ti+4]. The van der Waals surface area contributed by atoms with Crippen molar-refractivity contribution < 1.29 is 60.1 Å². The van der Waals surface area contributed by atoms with Crippen LogP contribution in [0.2, 0.25) is 0 Å². The maximum atomic E-state index is 8.58. The van der Waals surface area contributed by atoms with Gasteiger partial charge in [0.15, 0.2) is 0 Å². The van der Waals surface area contributed by atoms with Crippen molar-refractivity contribution in [3.05, 3.63) is 0 Å². The molecule has 0 heterocycles. The molecule has 0 aromatic carbocycles. The van der Waals surface area contributed by atoms with Gasteiger partial charge in [0.2, 0.25) is 0 Å². The minimum atomic E-state index is -5.61. The van der Waals surface area contributed by atoms with E-state index in [1.165, 1.54) is 0 Å². The van der Waals surface area contributed by atoms with Gasteiger partial charge in [-0.2, -0.15) is 7.82 Å². The zero-order valence-corrected chi connectivity index (χ0v) is 9.90. The molecule has 0 bridgehead atoms. The van der Waals surface area contributed by atoms with Crippen LogP contribution in [0, 0.1) is 0 Å². The Balaban J connectivity index is -0.0000000457. The molecule has 0 saturated carbocycles. The van der Waals surface area contributed by atoms with E-state index in [1.54, 1.807) is 0 Å². The molecule has 0 unspecified atom stereocenters. The summed E-state index contributed by atoms with van der Waals surface area (Å²) < 4.78 is 8.55. The predicted molar refractivity (Wildman–Crippen MR) is 19.1 cm³/mol.